The highest BCUT2D eigenvalue weighted by atomic mass is 19.1. The summed E-state index contributed by atoms with van der Waals surface area (Å²) in [6, 6.07) is 4.62. The molecule has 1 N–H and O–H groups in total. The number of carbonyl (C=O) groups excluding carboxylic acids is 4. The van der Waals surface area contributed by atoms with Gasteiger partial charge in [-0.15, -0.1) is 0 Å². The number of likely N-dealkylation sites (N-methyl/N-ethyl adjacent to an activating group) is 2. The third-order valence-corrected chi connectivity index (χ3v) is 5.25. The first kappa shape index (κ1) is 22.3. The van der Waals surface area contributed by atoms with Gasteiger partial charge < -0.3 is 15.1 Å². The fraction of sp³-hybridized carbons (Fsp3) is 0.500. The largest absolute Gasteiger partial charge is 0.342 e. The van der Waals surface area contributed by atoms with Gasteiger partial charge in [-0.25, -0.2) is 9.18 Å². The van der Waals surface area contributed by atoms with E-state index >= 15 is 0 Å². The number of rotatable bonds is 8. The van der Waals surface area contributed by atoms with E-state index in [9.17, 15) is 23.6 Å². The van der Waals surface area contributed by atoms with Crippen LogP contribution in [0.3, 0.4) is 0 Å². The van der Waals surface area contributed by atoms with E-state index in [1.165, 1.54) is 36.2 Å². The molecule has 1 heterocycles. The molecule has 1 aromatic carbocycles. The molecule has 1 aromatic rings. The van der Waals surface area contributed by atoms with Crippen LogP contribution in [-0.4, -0.2) is 71.7 Å². The molecule has 5 amide bonds. The summed E-state index contributed by atoms with van der Waals surface area (Å²) in [5.74, 6) is -1.77. The normalized spacial score (nSPS) is 18.6. The molecule has 0 bridgehead atoms. The minimum absolute atomic E-state index is 0.138. The fourth-order valence-electron chi connectivity index (χ4n) is 3.37. The molecule has 8 nitrogen and oxygen atoms in total. The van der Waals surface area contributed by atoms with Crippen molar-refractivity contribution in [1.29, 1.82) is 0 Å². The van der Waals surface area contributed by atoms with Gasteiger partial charge in [-0.1, -0.05) is 19.1 Å². The zero-order chi connectivity index (χ0) is 21.8. The third kappa shape index (κ3) is 4.38. The van der Waals surface area contributed by atoms with Crippen LogP contribution in [0.15, 0.2) is 24.3 Å². The minimum atomic E-state index is -1.35. The number of hydrogen-bond acceptors (Lipinski definition) is 4. The van der Waals surface area contributed by atoms with Crippen LogP contribution in [0.2, 0.25) is 0 Å². The highest BCUT2D eigenvalue weighted by molar-refractivity contribution is 6.09. The van der Waals surface area contributed by atoms with Gasteiger partial charge in [0.1, 0.15) is 17.9 Å². The van der Waals surface area contributed by atoms with Gasteiger partial charge >= 0.3 is 6.03 Å². The molecule has 0 spiro atoms. The second kappa shape index (κ2) is 9.02. The summed E-state index contributed by atoms with van der Waals surface area (Å²) in [5, 5.41) is 2.64. The van der Waals surface area contributed by atoms with Crippen LogP contribution >= 0.6 is 0 Å². The van der Waals surface area contributed by atoms with Crippen molar-refractivity contribution in [2.24, 2.45) is 0 Å². The number of nitrogens with one attached hydrogen (secondary N) is 1. The topological polar surface area (TPSA) is 90.0 Å². The van der Waals surface area contributed by atoms with Gasteiger partial charge in [0.15, 0.2) is 0 Å². The third-order valence-electron chi connectivity index (χ3n) is 5.25. The molecule has 1 aliphatic rings. The summed E-state index contributed by atoms with van der Waals surface area (Å²) < 4.78 is 13.3. The highest BCUT2D eigenvalue weighted by Gasteiger charge is 2.51. The number of urea groups is 1. The average Bonchev–Trinajstić information content (AvgIpc) is 2.94. The number of nitrogens with zero attached hydrogens (tertiary/aromatic N) is 3. The molecule has 158 valence electrons. The standard InChI is InChI=1S/C20H27FN4O4/c1-5-20(14-8-10-15(21)11-9-14)18(28)25(19(29)22-20)13-16(26)23(4)12-17(27)24(6-2)7-3/h8-11H,5-7,12-13H2,1-4H3,(H,22,29)/t20-/m0/s1. The van der Waals surface area contributed by atoms with E-state index < -0.39 is 35.7 Å². The van der Waals surface area contributed by atoms with Crippen LogP contribution in [0.4, 0.5) is 9.18 Å². The lowest BCUT2D eigenvalue weighted by Crippen LogP contribution is -2.47. The number of carbonyl (C=O) groups is 4. The van der Waals surface area contributed by atoms with Crippen LogP contribution in [0.5, 0.6) is 0 Å². The van der Waals surface area contributed by atoms with Gasteiger partial charge in [-0.2, -0.15) is 0 Å². The zero-order valence-corrected chi connectivity index (χ0v) is 17.2. The van der Waals surface area contributed by atoms with E-state index in [-0.39, 0.29) is 18.9 Å². The molecular weight excluding hydrogens is 379 g/mol. The Morgan fingerprint density at radius 1 is 1.07 bits per heavy atom. The second-order valence-corrected chi connectivity index (χ2v) is 6.90. The highest BCUT2D eigenvalue weighted by Crippen LogP contribution is 2.32. The van der Waals surface area contributed by atoms with Crippen LogP contribution in [0, 0.1) is 5.82 Å². The summed E-state index contributed by atoms with van der Waals surface area (Å²) in [5.41, 5.74) is -0.902. The van der Waals surface area contributed by atoms with Crippen molar-refractivity contribution in [3.8, 4) is 0 Å². The van der Waals surface area contributed by atoms with Crippen LogP contribution in [0.25, 0.3) is 0 Å². The van der Waals surface area contributed by atoms with E-state index in [4.69, 9.17) is 0 Å². The van der Waals surface area contributed by atoms with Crippen molar-refractivity contribution in [2.45, 2.75) is 32.7 Å². The fourth-order valence-corrected chi connectivity index (χ4v) is 3.37. The lowest BCUT2D eigenvalue weighted by Gasteiger charge is -2.26. The summed E-state index contributed by atoms with van der Waals surface area (Å²) in [6.07, 6.45) is 0.240. The Hall–Kier alpha value is -2.97. The lowest BCUT2D eigenvalue weighted by atomic mass is 9.87. The molecular formula is C20H27FN4O4. The number of amides is 5. The molecule has 1 saturated heterocycles. The molecule has 2 rings (SSSR count). The Bertz CT molecular complexity index is 794. The van der Waals surface area contributed by atoms with E-state index in [1.54, 1.807) is 11.8 Å². The molecule has 29 heavy (non-hydrogen) atoms. The predicted molar refractivity (Wildman–Crippen MR) is 104 cm³/mol. The van der Waals surface area contributed by atoms with Gasteiger partial charge in [0.2, 0.25) is 11.8 Å². The molecule has 0 radical (unpaired) electrons. The van der Waals surface area contributed by atoms with Gasteiger partial charge in [0.05, 0.1) is 6.54 Å². The molecule has 9 heteroatoms. The van der Waals surface area contributed by atoms with E-state index in [2.05, 4.69) is 5.32 Å². The Labute approximate surface area is 169 Å². The Morgan fingerprint density at radius 2 is 1.66 bits per heavy atom. The van der Waals surface area contributed by atoms with Crippen LogP contribution < -0.4 is 5.32 Å². The Balaban J connectivity index is 2.14. The second-order valence-electron chi connectivity index (χ2n) is 6.90. The van der Waals surface area contributed by atoms with Gasteiger partial charge in [0.25, 0.3) is 5.91 Å². The number of benzene rings is 1. The quantitative estimate of drug-likeness (QED) is 0.659. The van der Waals surface area contributed by atoms with E-state index in [0.717, 1.165) is 4.90 Å². The summed E-state index contributed by atoms with van der Waals surface area (Å²) in [7, 11) is 1.45. The van der Waals surface area contributed by atoms with Crippen molar-refractivity contribution in [1.82, 2.24) is 20.0 Å². The predicted octanol–water partition coefficient (Wildman–Crippen LogP) is 1.31. The number of imide groups is 1. The van der Waals surface area contributed by atoms with Crippen LogP contribution in [0.1, 0.15) is 32.8 Å². The van der Waals surface area contributed by atoms with E-state index in [0.29, 0.717) is 18.7 Å². The SMILES string of the molecule is CCN(CC)C(=O)CN(C)C(=O)CN1C(=O)N[C@@](CC)(c2ccc(F)cc2)C1=O. The molecule has 0 aromatic heterocycles. The van der Waals surface area contributed by atoms with Crippen molar-refractivity contribution in [3.05, 3.63) is 35.6 Å². The lowest BCUT2D eigenvalue weighted by molar-refractivity contribution is -0.142. The van der Waals surface area contributed by atoms with Crippen molar-refractivity contribution >= 4 is 23.8 Å². The first-order valence-electron chi connectivity index (χ1n) is 9.62. The molecule has 1 atom stereocenters. The van der Waals surface area contributed by atoms with Gasteiger partial charge in [0, 0.05) is 20.1 Å². The smallest absolute Gasteiger partial charge is 0.325 e. The maximum Gasteiger partial charge on any atom is 0.325 e. The number of halogens is 1. The summed E-state index contributed by atoms with van der Waals surface area (Å²) >= 11 is 0. The summed E-state index contributed by atoms with van der Waals surface area (Å²) in [6.45, 7) is 5.85. The maximum absolute atomic E-state index is 13.3. The van der Waals surface area contributed by atoms with Crippen molar-refractivity contribution in [3.63, 3.8) is 0 Å². The molecule has 1 fully saturated rings. The molecule has 1 aliphatic heterocycles. The van der Waals surface area contributed by atoms with Crippen LogP contribution in [-0.2, 0) is 19.9 Å². The molecule has 0 aliphatic carbocycles. The summed E-state index contributed by atoms with van der Waals surface area (Å²) in [4.78, 5) is 53.9. The first-order chi connectivity index (χ1) is 13.7. The molecule has 0 unspecified atom stereocenters. The maximum atomic E-state index is 13.3. The Kier molecular flexibility index (Phi) is 6.94. The van der Waals surface area contributed by atoms with Crippen molar-refractivity contribution < 1.29 is 23.6 Å². The molecule has 0 saturated carbocycles. The van der Waals surface area contributed by atoms with E-state index in [1.807, 2.05) is 13.8 Å². The van der Waals surface area contributed by atoms with Crippen molar-refractivity contribution in [2.75, 3.05) is 33.2 Å². The number of hydrogen-bond donors (Lipinski definition) is 1. The van der Waals surface area contributed by atoms with Gasteiger partial charge in [-0.3, -0.25) is 19.3 Å². The zero-order valence-electron chi connectivity index (χ0n) is 17.2. The first-order valence-corrected chi connectivity index (χ1v) is 9.62. The Morgan fingerprint density at radius 3 is 2.17 bits per heavy atom. The van der Waals surface area contributed by atoms with Gasteiger partial charge in [-0.05, 0) is 38.0 Å². The average molecular weight is 406 g/mol. The minimum Gasteiger partial charge on any atom is -0.342 e. The monoisotopic (exact) mass is 406 g/mol.